The Morgan fingerprint density at radius 1 is 0.605 bits per heavy atom. The van der Waals surface area contributed by atoms with Gasteiger partial charge in [0.15, 0.2) is 5.60 Å². The molecule has 2 N–H and O–H groups in total. The minimum atomic E-state index is -0.963. The van der Waals surface area contributed by atoms with Crippen molar-refractivity contribution in [1.29, 1.82) is 0 Å². The Hall–Kier alpha value is -3.44. The monoisotopic (exact) mass is 512 g/mol. The first-order valence-corrected chi connectivity index (χ1v) is 13.9. The van der Waals surface area contributed by atoms with Crippen LogP contribution in [0.4, 0.5) is 0 Å². The summed E-state index contributed by atoms with van der Waals surface area (Å²) in [6.07, 6.45) is 0. The lowest BCUT2D eigenvalue weighted by Crippen LogP contribution is -2.52. The van der Waals surface area contributed by atoms with Crippen LogP contribution in [0.5, 0.6) is 0 Å². The van der Waals surface area contributed by atoms with Crippen molar-refractivity contribution in [2.45, 2.75) is 38.9 Å². The molecule has 0 aliphatic heterocycles. The second-order valence-electron chi connectivity index (χ2n) is 11.4. The Balaban J connectivity index is 1.67. The van der Waals surface area contributed by atoms with Crippen molar-refractivity contribution in [3.8, 4) is 0 Å². The fourth-order valence-corrected chi connectivity index (χ4v) is 6.75. The van der Waals surface area contributed by atoms with Crippen molar-refractivity contribution in [2.24, 2.45) is 0 Å². The first-order chi connectivity index (χ1) is 18.2. The second-order valence-corrected chi connectivity index (χ2v) is 12.4. The average molecular weight is 512 g/mol. The number of thiophene rings is 1. The highest BCUT2D eigenvalue weighted by atomic mass is 32.1. The van der Waals surface area contributed by atoms with Gasteiger partial charge in [-0.3, -0.25) is 0 Å². The molecule has 185 valence electrons. The van der Waals surface area contributed by atoms with Crippen LogP contribution in [0.3, 0.4) is 0 Å². The van der Waals surface area contributed by atoms with Crippen molar-refractivity contribution in [2.75, 3.05) is 0 Å². The van der Waals surface area contributed by atoms with E-state index >= 15 is 0 Å². The average Bonchev–Trinajstić information content (AvgIpc) is 3.26. The zero-order valence-corrected chi connectivity index (χ0v) is 22.9. The topological polar surface area (TPSA) is 33.0 Å². The third-order valence-corrected chi connectivity index (χ3v) is 9.48. The largest absolute Gasteiger partial charge is 0.626 e. The van der Waals surface area contributed by atoms with Crippen LogP contribution in [0.15, 0.2) is 91.0 Å². The molecule has 0 atom stereocenters. The fraction of sp³-hybridized carbons (Fsp3) is 0.176. The summed E-state index contributed by atoms with van der Waals surface area (Å²) in [4.78, 5) is 0. The number of rotatable bonds is 4. The molecule has 0 amide bonds. The first kappa shape index (κ1) is 23.7. The molecular weight excluding hydrogens is 483 g/mol. The highest BCUT2D eigenvalue weighted by Crippen LogP contribution is 2.41. The van der Waals surface area contributed by atoms with Crippen molar-refractivity contribution in [3.63, 3.8) is 0 Å². The van der Waals surface area contributed by atoms with Gasteiger partial charge in [0.1, 0.15) is 5.60 Å². The number of hydrogen-bond donors (Lipinski definition) is 1. The van der Waals surface area contributed by atoms with E-state index in [1.54, 1.807) is 0 Å². The van der Waals surface area contributed by atoms with Gasteiger partial charge in [-0.05, 0) is 75.1 Å². The van der Waals surface area contributed by atoms with Crippen LogP contribution in [0.2, 0.25) is 0 Å². The molecule has 1 aromatic heterocycles. The maximum atomic E-state index is 10.9. The number of fused-ring (bicyclic) bond motifs is 10. The Labute approximate surface area is 226 Å². The third kappa shape index (κ3) is 3.48. The van der Waals surface area contributed by atoms with Gasteiger partial charge in [0, 0.05) is 39.5 Å². The number of benzene rings is 6. The maximum Gasteiger partial charge on any atom is 0.626 e. The van der Waals surface area contributed by atoms with E-state index in [-0.39, 0.29) is 0 Å². The molecule has 1 heterocycles. The summed E-state index contributed by atoms with van der Waals surface area (Å²) in [5, 5.41) is 23.3. The van der Waals surface area contributed by atoms with Crippen LogP contribution in [0.1, 0.15) is 27.7 Å². The molecule has 6 aromatic carbocycles. The van der Waals surface area contributed by atoms with Crippen LogP contribution in [-0.2, 0) is 0 Å². The molecule has 38 heavy (non-hydrogen) atoms. The molecular formula is C34H29BO2S+. The standard InChI is InChI=1S/C34H29BO2S/c1-33(2,36)34(3,4)37-35-32-30-25-16-10-9-14-23(25)22-13-7-8-15-24(22)26(30)19-29-31(32)27-17-20-11-5-6-12-21(20)18-28(27)38-29/h5-19,36-37H,1-4H3/q+1. The molecule has 4 heteroatoms. The van der Waals surface area contributed by atoms with E-state index in [1.807, 2.05) is 46.5 Å². The molecule has 0 aliphatic rings. The first-order valence-electron chi connectivity index (χ1n) is 13.1. The highest BCUT2D eigenvalue weighted by molar-refractivity contribution is 7.26. The molecule has 0 saturated heterocycles. The van der Waals surface area contributed by atoms with Gasteiger partial charge < -0.3 is 9.76 Å². The summed E-state index contributed by atoms with van der Waals surface area (Å²) in [5.41, 5.74) is -0.500. The van der Waals surface area contributed by atoms with Crippen LogP contribution >= 0.6 is 11.3 Å². The van der Waals surface area contributed by atoms with E-state index in [4.69, 9.17) is 4.65 Å². The molecule has 0 spiro atoms. The quantitative estimate of drug-likeness (QED) is 0.145. The molecule has 0 saturated carbocycles. The van der Waals surface area contributed by atoms with Crippen molar-refractivity contribution >= 4 is 87.5 Å². The SMILES string of the molecule is CC(C)(O)C(C)(C)[OH+][B]c1c2c(cc3c4ccccc4c4ccccc4c13)sc1cc3ccccc3cc12. The Morgan fingerprint density at radius 3 is 1.82 bits per heavy atom. The van der Waals surface area contributed by atoms with Crippen molar-refractivity contribution < 1.29 is 9.76 Å². The molecule has 1 radical (unpaired) electrons. The molecule has 0 bridgehead atoms. The van der Waals surface area contributed by atoms with Gasteiger partial charge in [-0.2, -0.15) is 0 Å². The lowest BCUT2D eigenvalue weighted by molar-refractivity contribution is -0.157. The van der Waals surface area contributed by atoms with Gasteiger partial charge in [-0.25, -0.2) is 0 Å². The minimum Gasteiger partial charge on any atom is -0.530 e. The van der Waals surface area contributed by atoms with Gasteiger partial charge in [0.05, 0.1) is 0 Å². The van der Waals surface area contributed by atoms with Gasteiger partial charge >= 0.3 is 7.48 Å². The third-order valence-electron chi connectivity index (χ3n) is 8.38. The lowest BCUT2D eigenvalue weighted by Gasteiger charge is -2.34. The fourth-order valence-electron chi connectivity index (χ4n) is 5.56. The molecule has 7 aromatic rings. The summed E-state index contributed by atoms with van der Waals surface area (Å²) in [5.74, 6) is 0. The Kier molecular flexibility index (Phi) is 5.16. The van der Waals surface area contributed by atoms with Crippen molar-refractivity contribution in [3.05, 3.63) is 91.0 Å². The Morgan fingerprint density at radius 2 is 1.16 bits per heavy atom. The summed E-state index contributed by atoms with van der Waals surface area (Å²) >= 11 is 1.85. The number of hydrogen-bond acceptors (Lipinski definition) is 2. The zero-order valence-electron chi connectivity index (χ0n) is 22.0. The smallest absolute Gasteiger partial charge is 0.530 e. The predicted octanol–water partition coefficient (Wildman–Crippen LogP) is 7.99. The van der Waals surface area contributed by atoms with Crippen molar-refractivity contribution in [1.82, 2.24) is 0 Å². The normalized spacial score (nSPS) is 13.0. The maximum absolute atomic E-state index is 10.9. The van der Waals surface area contributed by atoms with E-state index in [0.717, 1.165) is 5.46 Å². The second kappa shape index (κ2) is 8.28. The summed E-state index contributed by atoms with van der Waals surface area (Å²) < 4.78 is 7.60. The van der Waals surface area contributed by atoms with E-state index in [9.17, 15) is 5.11 Å². The van der Waals surface area contributed by atoms with Crippen LogP contribution in [0.25, 0.3) is 63.3 Å². The Bertz CT molecular complexity index is 2050. The minimum absolute atomic E-state index is 0.660. The number of aliphatic hydroxyl groups is 2. The van der Waals surface area contributed by atoms with Crippen LogP contribution < -0.4 is 5.46 Å². The van der Waals surface area contributed by atoms with Gasteiger partial charge in [-0.1, -0.05) is 72.8 Å². The van der Waals surface area contributed by atoms with E-state index in [2.05, 4.69) is 91.0 Å². The van der Waals surface area contributed by atoms with Crippen LogP contribution in [-0.4, -0.2) is 28.4 Å². The zero-order chi connectivity index (χ0) is 26.2. The summed E-state index contributed by atoms with van der Waals surface area (Å²) in [6.45, 7) is 7.66. The molecule has 7 rings (SSSR count). The van der Waals surface area contributed by atoms with E-state index in [1.165, 1.54) is 63.3 Å². The van der Waals surface area contributed by atoms with E-state index < -0.39 is 11.2 Å². The highest BCUT2D eigenvalue weighted by Gasteiger charge is 2.41. The molecule has 0 fully saturated rings. The lowest BCUT2D eigenvalue weighted by atomic mass is 9.76. The van der Waals surface area contributed by atoms with E-state index in [0.29, 0.717) is 0 Å². The predicted molar refractivity (Wildman–Crippen MR) is 167 cm³/mol. The van der Waals surface area contributed by atoms with Gasteiger partial charge in [0.2, 0.25) is 0 Å². The van der Waals surface area contributed by atoms with Gasteiger partial charge in [0.25, 0.3) is 0 Å². The summed E-state index contributed by atoms with van der Waals surface area (Å²) in [6, 6.07) is 33.0. The summed E-state index contributed by atoms with van der Waals surface area (Å²) in [7, 11) is 2.03. The molecule has 0 aliphatic carbocycles. The van der Waals surface area contributed by atoms with Gasteiger partial charge in [-0.15, -0.1) is 11.3 Å². The molecule has 2 nitrogen and oxygen atoms in total. The van der Waals surface area contributed by atoms with Crippen LogP contribution in [0, 0.1) is 0 Å². The molecule has 0 unspecified atom stereocenters.